The first-order valence-electron chi connectivity index (χ1n) is 8.06. The summed E-state index contributed by atoms with van der Waals surface area (Å²) in [4.78, 5) is 25.0. The highest BCUT2D eigenvalue weighted by atomic mass is 16.5. The lowest BCUT2D eigenvalue weighted by Gasteiger charge is -2.36. The number of carbonyl (C=O) groups is 2. The molecule has 0 aliphatic carbocycles. The van der Waals surface area contributed by atoms with Gasteiger partial charge in [0.1, 0.15) is 12.5 Å². The van der Waals surface area contributed by atoms with Gasteiger partial charge in [0.2, 0.25) is 5.69 Å². The van der Waals surface area contributed by atoms with E-state index in [1.165, 1.54) is 6.07 Å². The molecule has 0 atom stereocenters. The Bertz CT molecular complexity index is 841. The summed E-state index contributed by atoms with van der Waals surface area (Å²) in [5.41, 5.74) is 1.54. The molecule has 0 saturated carbocycles. The van der Waals surface area contributed by atoms with Crippen molar-refractivity contribution in [3.05, 3.63) is 64.9 Å². The van der Waals surface area contributed by atoms with Crippen LogP contribution in [0.1, 0.15) is 15.9 Å². The maximum atomic E-state index is 12.2. The summed E-state index contributed by atoms with van der Waals surface area (Å²) in [5, 5.41) is 20.1. The Labute approximate surface area is 150 Å². The number of carbonyl (C=O) groups excluding carboxylic acids is 1. The predicted octanol–water partition coefficient (Wildman–Crippen LogP) is 2.26. The van der Waals surface area contributed by atoms with E-state index in [1.54, 1.807) is 30.3 Å². The van der Waals surface area contributed by atoms with Gasteiger partial charge < -0.3 is 15.1 Å². The first kappa shape index (κ1) is 17.6. The Hall–Kier alpha value is -3.19. The molecule has 0 amide bonds. The molecule has 1 heterocycles. The summed E-state index contributed by atoms with van der Waals surface area (Å²) in [6, 6.07) is 13.2. The Balaban J connectivity index is 1.57. The minimum atomic E-state index is -0.758. The molecule has 0 spiro atoms. The quantitative estimate of drug-likeness (QED) is 0.214. The zero-order chi connectivity index (χ0) is 18.7. The van der Waals surface area contributed by atoms with Gasteiger partial charge in [-0.1, -0.05) is 18.2 Å². The van der Waals surface area contributed by atoms with Crippen LogP contribution < -0.4 is 4.74 Å². The molecule has 0 unspecified atom stereocenters. The molecule has 7 nitrogen and oxygen atoms in total. The van der Waals surface area contributed by atoms with E-state index in [-0.39, 0.29) is 17.2 Å². The van der Waals surface area contributed by atoms with Gasteiger partial charge in [-0.05, 0) is 23.8 Å². The lowest BCUT2D eigenvalue weighted by Crippen LogP contribution is -2.49. The van der Waals surface area contributed by atoms with Gasteiger partial charge in [0, 0.05) is 31.8 Å². The average molecular weight is 354 g/mol. The highest BCUT2D eigenvalue weighted by Gasteiger charge is 2.32. The predicted molar refractivity (Wildman–Crippen MR) is 94.7 cm³/mol. The van der Waals surface area contributed by atoms with Crippen LogP contribution in [0.4, 0.5) is 5.69 Å². The number of hydrogen-bond donors (Lipinski definition) is 1. The third-order valence-corrected chi connectivity index (χ3v) is 4.22. The maximum absolute atomic E-state index is 12.2. The van der Waals surface area contributed by atoms with Crippen LogP contribution >= 0.6 is 0 Å². The van der Waals surface area contributed by atoms with Crippen molar-refractivity contribution in [2.24, 2.45) is 5.92 Å². The van der Waals surface area contributed by atoms with E-state index >= 15 is 0 Å². The van der Waals surface area contributed by atoms with E-state index in [0.29, 0.717) is 30.1 Å². The lowest BCUT2D eigenvalue weighted by atomic mass is 10.00. The van der Waals surface area contributed by atoms with Gasteiger partial charge in [0.15, 0.2) is 0 Å². The van der Waals surface area contributed by atoms with Crippen LogP contribution in [-0.2, 0) is 11.3 Å². The molecule has 1 fully saturated rings. The number of aliphatic carboxylic acids is 1. The number of carboxylic acid groups (broad SMARTS) is 1. The molecule has 1 N–H and O–H groups in total. The largest absolute Gasteiger partial charge is 0.619 e. The van der Waals surface area contributed by atoms with Crippen molar-refractivity contribution < 1.29 is 24.2 Å². The standard InChI is InChI=1S/C19H18N2O5/c1-20(25)16-4-2-3-14(9-16)19(24)26-17-7-5-13(6-8-17)10-21-11-15(12-21)18(22)23/h2-9,15H,1,10-12H2,(H,22,23). The molecule has 134 valence electrons. The van der Waals surface area contributed by atoms with Crippen molar-refractivity contribution in [2.75, 3.05) is 13.1 Å². The number of esters is 1. The number of likely N-dealkylation sites (tertiary alicyclic amines) is 1. The molecule has 7 heteroatoms. The molecular weight excluding hydrogens is 336 g/mol. The van der Waals surface area contributed by atoms with E-state index < -0.39 is 11.9 Å². The zero-order valence-corrected chi connectivity index (χ0v) is 14.0. The van der Waals surface area contributed by atoms with Gasteiger partial charge in [-0.2, -0.15) is 4.74 Å². The minimum absolute atomic E-state index is 0.261. The average Bonchev–Trinajstić information content (AvgIpc) is 2.58. The van der Waals surface area contributed by atoms with Gasteiger partial charge in [0.05, 0.1) is 11.5 Å². The fourth-order valence-electron chi connectivity index (χ4n) is 2.73. The minimum Gasteiger partial charge on any atom is -0.619 e. The monoisotopic (exact) mass is 354 g/mol. The van der Waals surface area contributed by atoms with Crippen molar-refractivity contribution in [1.82, 2.24) is 4.90 Å². The van der Waals surface area contributed by atoms with E-state index in [0.717, 1.165) is 5.56 Å². The fraction of sp³-hybridized carbons (Fsp3) is 0.211. The van der Waals surface area contributed by atoms with Crippen LogP contribution in [-0.4, -0.2) is 46.5 Å². The molecule has 2 aromatic carbocycles. The summed E-state index contributed by atoms with van der Waals surface area (Å²) in [6.07, 6.45) is 0. The van der Waals surface area contributed by atoms with Crippen LogP contribution in [0, 0.1) is 11.1 Å². The summed E-state index contributed by atoms with van der Waals surface area (Å²) in [7, 11) is 0. The molecule has 26 heavy (non-hydrogen) atoms. The normalized spacial score (nSPS) is 14.5. The second kappa shape index (κ2) is 7.37. The molecule has 0 aromatic heterocycles. The Morgan fingerprint density at radius 2 is 1.92 bits per heavy atom. The van der Waals surface area contributed by atoms with E-state index in [1.807, 2.05) is 17.0 Å². The molecule has 1 saturated heterocycles. The first-order chi connectivity index (χ1) is 12.4. The molecule has 3 rings (SSSR count). The van der Waals surface area contributed by atoms with Crippen molar-refractivity contribution in [1.29, 1.82) is 0 Å². The number of hydrogen-bond acceptors (Lipinski definition) is 5. The Kier molecular flexibility index (Phi) is 4.99. The van der Waals surface area contributed by atoms with Crippen molar-refractivity contribution in [3.63, 3.8) is 0 Å². The van der Waals surface area contributed by atoms with Crippen LogP contribution in [0.25, 0.3) is 0 Å². The molecule has 0 bridgehead atoms. The second-order valence-corrected chi connectivity index (χ2v) is 6.19. The molecule has 1 aliphatic heterocycles. The smallest absolute Gasteiger partial charge is 0.343 e. The zero-order valence-electron chi connectivity index (χ0n) is 14.0. The fourth-order valence-corrected chi connectivity index (χ4v) is 2.73. The van der Waals surface area contributed by atoms with Crippen LogP contribution in [0.5, 0.6) is 5.75 Å². The van der Waals surface area contributed by atoms with Gasteiger partial charge in [0.25, 0.3) is 0 Å². The third-order valence-electron chi connectivity index (χ3n) is 4.22. The Morgan fingerprint density at radius 1 is 1.23 bits per heavy atom. The number of benzene rings is 2. The van der Waals surface area contributed by atoms with Crippen molar-refractivity contribution in [2.45, 2.75) is 6.54 Å². The number of carboxylic acids is 1. The van der Waals surface area contributed by atoms with Crippen LogP contribution in [0.3, 0.4) is 0 Å². The molecule has 1 aliphatic rings. The highest BCUT2D eigenvalue weighted by Crippen LogP contribution is 2.21. The maximum Gasteiger partial charge on any atom is 0.343 e. The molecule has 0 radical (unpaired) electrons. The lowest BCUT2D eigenvalue weighted by molar-refractivity contribution is -0.349. The van der Waals surface area contributed by atoms with Crippen LogP contribution in [0.15, 0.2) is 48.5 Å². The van der Waals surface area contributed by atoms with Gasteiger partial charge in [-0.15, -0.1) is 0 Å². The van der Waals surface area contributed by atoms with Gasteiger partial charge in [-0.25, -0.2) is 4.79 Å². The molecular formula is C19H18N2O5. The third kappa shape index (κ3) is 4.07. The second-order valence-electron chi connectivity index (χ2n) is 6.19. The summed E-state index contributed by atoms with van der Waals surface area (Å²) < 4.78 is 5.74. The number of nitrogens with zero attached hydrogens (tertiary/aromatic N) is 2. The van der Waals surface area contributed by atoms with Crippen molar-refractivity contribution >= 4 is 24.3 Å². The number of rotatable bonds is 6. The SMILES string of the molecule is C=[N+]([O-])c1cccc(C(=O)Oc2ccc(CN3CC(C(=O)O)C3)cc2)c1. The molecule has 2 aromatic rings. The first-order valence-corrected chi connectivity index (χ1v) is 8.06. The van der Waals surface area contributed by atoms with Crippen LogP contribution in [0.2, 0.25) is 0 Å². The van der Waals surface area contributed by atoms with E-state index in [4.69, 9.17) is 9.84 Å². The van der Waals surface area contributed by atoms with E-state index in [2.05, 4.69) is 6.72 Å². The van der Waals surface area contributed by atoms with Gasteiger partial charge in [-0.3, -0.25) is 9.69 Å². The number of ether oxygens (including phenoxy) is 1. The van der Waals surface area contributed by atoms with Gasteiger partial charge >= 0.3 is 11.9 Å². The summed E-state index contributed by atoms with van der Waals surface area (Å²) in [6.45, 7) is 4.99. The summed E-state index contributed by atoms with van der Waals surface area (Å²) in [5.74, 6) is -1.21. The highest BCUT2D eigenvalue weighted by molar-refractivity contribution is 5.91. The Morgan fingerprint density at radius 3 is 2.54 bits per heavy atom. The van der Waals surface area contributed by atoms with Crippen molar-refractivity contribution in [3.8, 4) is 5.75 Å². The topological polar surface area (TPSA) is 92.9 Å². The summed E-state index contributed by atoms with van der Waals surface area (Å²) >= 11 is 0. The van der Waals surface area contributed by atoms with E-state index in [9.17, 15) is 14.8 Å².